The highest BCUT2D eigenvalue weighted by molar-refractivity contribution is 7.09. The van der Waals surface area contributed by atoms with Crippen molar-refractivity contribution in [1.82, 2.24) is 19.9 Å². The molecule has 0 aromatic carbocycles. The van der Waals surface area contributed by atoms with Gasteiger partial charge < -0.3 is 9.64 Å². The first-order chi connectivity index (χ1) is 10.6. The molecule has 0 radical (unpaired) electrons. The third-order valence-electron chi connectivity index (χ3n) is 3.37. The van der Waals surface area contributed by atoms with Crippen molar-refractivity contribution in [2.45, 2.75) is 25.9 Å². The molecule has 1 fully saturated rings. The quantitative estimate of drug-likeness (QED) is 0.860. The fourth-order valence-corrected chi connectivity index (χ4v) is 3.04. The molecule has 116 valence electrons. The number of halogens is 1. The fourth-order valence-electron chi connectivity index (χ4n) is 2.35. The smallest absolute Gasteiger partial charge is 0.316 e. The van der Waals surface area contributed by atoms with Gasteiger partial charge in [0, 0.05) is 11.9 Å². The van der Waals surface area contributed by atoms with Crippen molar-refractivity contribution in [3.8, 4) is 6.01 Å². The van der Waals surface area contributed by atoms with Crippen molar-refractivity contribution >= 4 is 28.8 Å². The summed E-state index contributed by atoms with van der Waals surface area (Å²) in [5.41, 5.74) is 0.505. The van der Waals surface area contributed by atoms with Crippen molar-refractivity contribution in [1.29, 1.82) is 0 Å². The Hall–Kier alpha value is -1.73. The highest BCUT2D eigenvalue weighted by Crippen LogP contribution is 2.19. The van der Waals surface area contributed by atoms with Crippen LogP contribution in [-0.2, 0) is 0 Å². The normalized spacial score (nSPS) is 18.3. The van der Waals surface area contributed by atoms with Crippen LogP contribution in [0.4, 0.5) is 0 Å². The van der Waals surface area contributed by atoms with E-state index in [1.54, 1.807) is 10.3 Å². The summed E-state index contributed by atoms with van der Waals surface area (Å²) in [6, 6.07) is 0.285. The number of nitrogens with zero attached hydrogens (tertiary/aromatic N) is 4. The molecule has 2 aromatic heterocycles. The minimum atomic E-state index is -0.112. The summed E-state index contributed by atoms with van der Waals surface area (Å²) in [5, 5.41) is 3.15. The van der Waals surface area contributed by atoms with Crippen LogP contribution < -0.4 is 4.74 Å². The van der Waals surface area contributed by atoms with Crippen LogP contribution in [0.15, 0.2) is 17.8 Å². The molecule has 1 aliphatic heterocycles. The number of ether oxygens (including phenoxy) is 1. The minimum absolute atomic E-state index is 0.0466. The van der Waals surface area contributed by atoms with Gasteiger partial charge in [0.15, 0.2) is 0 Å². The van der Waals surface area contributed by atoms with Crippen molar-refractivity contribution in [3.05, 3.63) is 33.5 Å². The number of hydrogen-bond acceptors (Lipinski definition) is 6. The summed E-state index contributed by atoms with van der Waals surface area (Å²) < 4.78 is 5.74. The van der Waals surface area contributed by atoms with Crippen molar-refractivity contribution in [2.24, 2.45) is 0 Å². The largest absolute Gasteiger partial charge is 0.458 e. The van der Waals surface area contributed by atoms with Gasteiger partial charge in [-0.3, -0.25) is 4.79 Å². The molecule has 2 aromatic rings. The van der Waals surface area contributed by atoms with Crippen LogP contribution in [0.1, 0.15) is 28.3 Å². The second kappa shape index (κ2) is 6.58. The molecule has 0 aliphatic carbocycles. The van der Waals surface area contributed by atoms with E-state index in [2.05, 4.69) is 15.0 Å². The Kier molecular flexibility index (Phi) is 4.54. The lowest BCUT2D eigenvalue weighted by Gasteiger charge is -2.31. The van der Waals surface area contributed by atoms with E-state index in [0.29, 0.717) is 17.3 Å². The zero-order valence-corrected chi connectivity index (χ0v) is 13.6. The molecule has 1 atom stereocenters. The van der Waals surface area contributed by atoms with Gasteiger partial charge in [0.05, 0.1) is 29.0 Å². The van der Waals surface area contributed by atoms with Gasteiger partial charge in [-0.15, -0.1) is 11.3 Å². The van der Waals surface area contributed by atoms with E-state index in [-0.39, 0.29) is 18.0 Å². The summed E-state index contributed by atoms with van der Waals surface area (Å²) in [6.45, 7) is 3.12. The summed E-state index contributed by atoms with van der Waals surface area (Å²) in [5.74, 6) is -0.0466. The lowest BCUT2D eigenvalue weighted by atomic mass is 10.1. The minimum Gasteiger partial charge on any atom is -0.458 e. The van der Waals surface area contributed by atoms with Gasteiger partial charge in [-0.05, 0) is 19.8 Å². The van der Waals surface area contributed by atoms with Crippen LogP contribution >= 0.6 is 22.9 Å². The number of amides is 1. The Morgan fingerprint density at radius 3 is 2.91 bits per heavy atom. The van der Waals surface area contributed by atoms with Crippen LogP contribution in [0.3, 0.4) is 0 Å². The van der Waals surface area contributed by atoms with Crippen molar-refractivity contribution in [3.63, 3.8) is 0 Å². The van der Waals surface area contributed by atoms with Gasteiger partial charge in [-0.25, -0.2) is 15.0 Å². The Morgan fingerprint density at radius 1 is 1.45 bits per heavy atom. The molecule has 8 heteroatoms. The second-order valence-corrected chi connectivity index (χ2v) is 6.57. The molecule has 0 bridgehead atoms. The van der Waals surface area contributed by atoms with Crippen LogP contribution in [0.5, 0.6) is 6.01 Å². The van der Waals surface area contributed by atoms with E-state index in [9.17, 15) is 4.79 Å². The van der Waals surface area contributed by atoms with Gasteiger partial charge in [0.25, 0.3) is 5.91 Å². The maximum Gasteiger partial charge on any atom is 0.316 e. The van der Waals surface area contributed by atoms with E-state index in [4.69, 9.17) is 16.3 Å². The summed E-state index contributed by atoms with van der Waals surface area (Å²) >= 11 is 7.23. The first kappa shape index (κ1) is 15.2. The Morgan fingerprint density at radius 2 is 2.23 bits per heavy atom. The fraction of sp³-hybridized carbons (Fsp3) is 0.429. The zero-order valence-electron chi connectivity index (χ0n) is 12.0. The predicted octanol–water partition coefficient (Wildman–Crippen LogP) is 2.58. The lowest BCUT2D eigenvalue weighted by molar-refractivity contribution is 0.0511. The molecule has 6 nitrogen and oxygen atoms in total. The van der Waals surface area contributed by atoms with Crippen LogP contribution in [0.25, 0.3) is 0 Å². The average Bonchev–Trinajstić information content (AvgIpc) is 2.96. The number of aryl methyl sites for hydroxylation is 1. The van der Waals surface area contributed by atoms with Gasteiger partial charge in [-0.2, -0.15) is 0 Å². The van der Waals surface area contributed by atoms with E-state index in [0.717, 1.165) is 24.4 Å². The highest BCUT2D eigenvalue weighted by atomic mass is 35.5. The SMILES string of the molecule is Cc1nc(C(=O)N2CCCC(Oc3ncc(Cl)cn3)C2)cs1. The number of thiazole rings is 1. The molecule has 3 rings (SSSR count). The Labute approximate surface area is 137 Å². The van der Waals surface area contributed by atoms with Crippen molar-refractivity contribution in [2.75, 3.05) is 13.1 Å². The number of carbonyl (C=O) groups excluding carboxylic acids is 1. The monoisotopic (exact) mass is 338 g/mol. The number of piperidine rings is 1. The molecule has 0 N–H and O–H groups in total. The van der Waals surface area contributed by atoms with Crippen LogP contribution in [0, 0.1) is 6.92 Å². The lowest BCUT2D eigenvalue weighted by Crippen LogP contribution is -2.44. The summed E-state index contributed by atoms with van der Waals surface area (Å²) in [6.07, 6.45) is 4.62. The molecular weight excluding hydrogens is 324 g/mol. The predicted molar refractivity (Wildman–Crippen MR) is 83.4 cm³/mol. The molecule has 1 amide bonds. The zero-order chi connectivity index (χ0) is 15.5. The van der Waals surface area contributed by atoms with Gasteiger partial charge in [0.2, 0.25) is 0 Å². The van der Waals surface area contributed by atoms with Crippen LogP contribution in [-0.4, -0.2) is 45.0 Å². The number of likely N-dealkylation sites (tertiary alicyclic amines) is 1. The van der Waals surface area contributed by atoms with E-state index < -0.39 is 0 Å². The third kappa shape index (κ3) is 3.53. The molecule has 1 unspecified atom stereocenters. The number of carbonyl (C=O) groups is 1. The summed E-state index contributed by atoms with van der Waals surface area (Å²) in [4.78, 5) is 26.5. The Balaban J connectivity index is 1.63. The molecule has 1 saturated heterocycles. The first-order valence-corrected chi connectivity index (χ1v) is 8.23. The Bertz CT molecular complexity index is 661. The van der Waals surface area contributed by atoms with Crippen LogP contribution in [0.2, 0.25) is 5.02 Å². The molecule has 1 aliphatic rings. The van der Waals surface area contributed by atoms with Crippen molar-refractivity contribution < 1.29 is 9.53 Å². The molecule has 0 saturated carbocycles. The van der Waals surface area contributed by atoms with E-state index >= 15 is 0 Å². The van der Waals surface area contributed by atoms with Gasteiger partial charge in [-0.1, -0.05) is 11.6 Å². The number of hydrogen-bond donors (Lipinski definition) is 0. The van der Waals surface area contributed by atoms with E-state index in [1.807, 2.05) is 6.92 Å². The van der Waals surface area contributed by atoms with E-state index in [1.165, 1.54) is 23.7 Å². The third-order valence-corrected chi connectivity index (χ3v) is 4.34. The standard InChI is InChI=1S/C14H15ClN4O2S/c1-9-18-12(8-22-9)13(20)19-4-2-3-11(7-19)21-14-16-5-10(15)6-17-14/h5-6,8,11H,2-4,7H2,1H3. The second-order valence-electron chi connectivity index (χ2n) is 5.07. The van der Waals surface area contributed by atoms with Gasteiger partial charge >= 0.3 is 6.01 Å². The first-order valence-electron chi connectivity index (χ1n) is 6.97. The maximum atomic E-state index is 12.4. The maximum absolute atomic E-state index is 12.4. The molecule has 22 heavy (non-hydrogen) atoms. The number of aromatic nitrogens is 3. The number of rotatable bonds is 3. The molecule has 3 heterocycles. The molecular formula is C14H15ClN4O2S. The molecule has 0 spiro atoms. The van der Waals surface area contributed by atoms with Gasteiger partial charge in [0.1, 0.15) is 11.8 Å². The topological polar surface area (TPSA) is 68.2 Å². The summed E-state index contributed by atoms with van der Waals surface area (Å²) in [7, 11) is 0. The average molecular weight is 339 g/mol. The highest BCUT2D eigenvalue weighted by Gasteiger charge is 2.27.